The fraction of sp³-hybridized carbons (Fsp3) is 0.0455. The maximum atomic E-state index is 12.4. The highest BCUT2D eigenvalue weighted by Crippen LogP contribution is 2.29. The molecule has 0 aliphatic heterocycles. The van der Waals surface area contributed by atoms with Gasteiger partial charge < -0.3 is 14.6 Å². The molecule has 0 spiro atoms. The highest BCUT2D eigenvalue weighted by atomic mass is 35.5. The number of carbonyl (C=O) groups excluding carboxylic acids is 2. The molecule has 0 saturated carbocycles. The number of aromatic hydroxyl groups is 1. The quantitative estimate of drug-likeness (QED) is 0.241. The number of hydrogen-bond acceptors (Lipinski definition) is 6. The Balaban J connectivity index is 1.68. The Morgan fingerprint density at radius 1 is 0.935 bits per heavy atom. The molecule has 3 aromatic rings. The lowest BCUT2D eigenvalue weighted by molar-refractivity contribution is 0.0729. The molecule has 3 aromatic carbocycles. The van der Waals surface area contributed by atoms with Crippen molar-refractivity contribution < 1.29 is 24.2 Å². The number of amides is 1. The van der Waals surface area contributed by atoms with Crippen molar-refractivity contribution in [1.82, 2.24) is 5.43 Å². The molecule has 0 heterocycles. The lowest BCUT2D eigenvalue weighted by Crippen LogP contribution is -2.17. The second-order valence-corrected chi connectivity index (χ2v) is 6.99. The van der Waals surface area contributed by atoms with Crippen molar-refractivity contribution in [2.24, 2.45) is 5.10 Å². The minimum atomic E-state index is -0.626. The number of carbonyl (C=O) groups is 2. The van der Waals surface area contributed by atoms with Crippen LogP contribution in [0.25, 0.3) is 0 Å². The first-order chi connectivity index (χ1) is 14.9. The highest BCUT2D eigenvalue weighted by molar-refractivity contribution is 6.42. The Morgan fingerprint density at radius 2 is 1.65 bits per heavy atom. The van der Waals surface area contributed by atoms with Crippen LogP contribution in [0.3, 0.4) is 0 Å². The molecule has 2 N–H and O–H groups in total. The van der Waals surface area contributed by atoms with Crippen LogP contribution in [-0.2, 0) is 0 Å². The predicted molar refractivity (Wildman–Crippen MR) is 118 cm³/mol. The molecule has 0 aliphatic carbocycles. The molecule has 0 fully saturated rings. The predicted octanol–water partition coefficient (Wildman–Crippen LogP) is 4.69. The Hall–Kier alpha value is -3.55. The highest BCUT2D eigenvalue weighted by Gasteiger charge is 2.14. The topological polar surface area (TPSA) is 97.2 Å². The first-order valence-electron chi connectivity index (χ1n) is 8.85. The molecule has 0 aliphatic rings. The number of benzene rings is 3. The van der Waals surface area contributed by atoms with E-state index in [1.54, 1.807) is 12.1 Å². The van der Waals surface area contributed by atoms with E-state index in [1.165, 1.54) is 61.9 Å². The lowest BCUT2D eigenvalue weighted by atomic mass is 10.2. The van der Waals surface area contributed by atoms with Crippen LogP contribution in [0.4, 0.5) is 0 Å². The van der Waals surface area contributed by atoms with Crippen LogP contribution in [0.2, 0.25) is 10.0 Å². The number of rotatable bonds is 6. The third-order valence-electron chi connectivity index (χ3n) is 4.05. The van der Waals surface area contributed by atoms with Crippen molar-refractivity contribution in [2.75, 3.05) is 7.11 Å². The molecule has 0 unspecified atom stereocenters. The number of hydrazone groups is 1. The normalized spacial score (nSPS) is 10.7. The van der Waals surface area contributed by atoms with Gasteiger partial charge in [-0.05, 0) is 66.2 Å². The first-order valence-corrected chi connectivity index (χ1v) is 9.60. The third kappa shape index (κ3) is 5.75. The molecule has 0 radical (unpaired) electrons. The third-order valence-corrected chi connectivity index (χ3v) is 4.79. The zero-order chi connectivity index (χ0) is 22.4. The van der Waals surface area contributed by atoms with E-state index in [1.807, 2.05) is 0 Å². The van der Waals surface area contributed by atoms with Crippen molar-refractivity contribution in [3.8, 4) is 17.2 Å². The molecule has 0 aromatic heterocycles. The lowest BCUT2D eigenvalue weighted by Gasteiger charge is -2.10. The Morgan fingerprint density at radius 3 is 2.32 bits per heavy atom. The van der Waals surface area contributed by atoms with E-state index in [0.29, 0.717) is 21.9 Å². The summed E-state index contributed by atoms with van der Waals surface area (Å²) in [5, 5.41) is 13.7. The summed E-state index contributed by atoms with van der Waals surface area (Å²) in [6.45, 7) is 0. The average molecular weight is 459 g/mol. The van der Waals surface area contributed by atoms with Crippen LogP contribution >= 0.6 is 23.2 Å². The van der Waals surface area contributed by atoms with Crippen molar-refractivity contribution in [1.29, 1.82) is 0 Å². The maximum Gasteiger partial charge on any atom is 0.343 e. The van der Waals surface area contributed by atoms with Gasteiger partial charge in [-0.3, -0.25) is 4.79 Å². The molecule has 1 amide bonds. The number of phenolic OH excluding ortho intramolecular Hbond substituents is 1. The number of hydrogen-bond donors (Lipinski definition) is 2. The standard InChI is InChI=1S/C22H16Cl2N2O5/c1-30-20-10-13(12-25-26-21(28)14-3-6-16(27)7-4-14)2-9-19(20)31-22(29)15-5-8-17(23)18(24)11-15/h2-12,27H,1H3,(H,26,28)/b25-12+. The van der Waals surface area contributed by atoms with Gasteiger partial charge in [-0.2, -0.15) is 5.10 Å². The minimum absolute atomic E-state index is 0.0621. The van der Waals surface area contributed by atoms with Crippen LogP contribution in [0.15, 0.2) is 65.8 Å². The second-order valence-electron chi connectivity index (χ2n) is 6.17. The molecule has 0 saturated heterocycles. The fourth-order valence-corrected chi connectivity index (χ4v) is 2.77. The summed E-state index contributed by atoms with van der Waals surface area (Å²) in [6, 6.07) is 14.9. The summed E-state index contributed by atoms with van der Waals surface area (Å²) in [6.07, 6.45) is 1.41. The monoisotopic (exact) mass is 458 g/mol. The molecule has 7 nitrogen and oxygen atoms in total. The number of nitrogens with one attached hydrogen (secondary N) is 1. The van der Waals surface area contributed by atoms with E-state index in [-0.39, 0.29) is 22.1 Å². The summed E-state index contributed by atoms with van der Waals surface area (Å²) >= 11 is 11.8. The van der Waals surface area contributed by atoms with Gasteiger partial charge in [0.05, 0.1) is 28.9 Å². The van der Waals surface area contributed by atoms with Gasteiger partial charge in [0.2, 0.25) is 0 Å². The minimum Gasteiger partial charge on any atom is -0.508 e. The van der Waals surface area contributed by atoms with Gasteiger partial charge in [-0.25, -0.2) is 10.2 Å². The smallest absolute Gasteiger partial charge is 0.343 e. The van der Waals surface area contributed by atoms with Crippen LogP contribution in [0.1, 0.15) is 26.3 Å². The summed E-state index contributed by atoms with van der Waals surface area (Å²) in [5.41, 5.74) is 3.56. The zero-order valence-corrected chi connectivity index (χ0v) is 17.6. The number of esters is 1. The number of ether oxygens (including phenoxy) is 2. The second kappa shape index (κ2) is 9.97. The Labute approximate surface area is 187 Å². The largest absolute Gasteiger partial charge is 0.508 e. The van der Waals surface area contributed by atoms with Crippen LogP contribution < -0.4 is 14.9 Å². The summed E-state index contributed by atoms with van der Waals surface area (Å²) in [7, 11) is 1.43. The molecule has 158 valence electrons. The van der Waals surface area contributed by atoms with E-state index in [0.717, 1.165) is 0 Å². The van der Waals surface area contributed by atoms with Gasteiger partial charge >= 0.3 is 5.97 Å². The van der Waals surface area contributed by atoms with E-state index in [4.69, 9.17) is 32.7 Å². The van der Waals surface area contributed by atoms with Gasteiger partial charge in [0.15, 0.2) is 11.5 Å². The SMILES string of the molecule is COc1cc(/C=N/NC(=O)c2ccc(O)cc2)ccc1OC(=O)c1ccc(Cl)c(Cl)c1. The van der Waals surface area contributed by atoms with E-state index in [9.17, 15) is 14.7 Å². The number of phenols is 1. The molecule has 0 atom stereocenters. The van der Waals surface area contributed by atoms with Crippen LogP contribution in [0, 0.1) is 0 Å². The van der Waals surface area contributed by atoms with Gasteiger partial charge in [-0.15, -0.1) is 0 Å². The molecule has 31 heavy (non-hydrogen) atoms. The Bertz CT molecular complexity index is 1150. The zero-order valence-electron chi connectivity index (χ0n) is 16.1. The van der Waals surface area contributed by atoms with Crippen molar-refractivity contribution >= 4 is 41.3 Å². The first kappa shape index (κ1) is 22.1. The van der Waals surface area contributed by atoms with E-state index in [2.05, 4.69) is 10.5 Å². The van der Waals surface area contributed by atoms with Crippen molar-refractivity contribution in [3.05, 3.63) is 87.4 Å². The number of halogens is 2. The van der Waals surface area contributed by atoms with Crippen LogP contribution in [0.5, 0.6) is 17.2 Å². The average Bonchev–Trinajstić information content (AvgIpc) is 2.76. The van der Waals surface area contributed by atoms with Gasteiger partial charge in [0.25, 0.3) is 5.91 Å². The summed E-state index contributed by atoms with van der Waals surface area (Å²) < 4.78 is 10.7. The van der Waals surface area contributed by atoms with Gasteiger partial charge in [-0.1, -0.05) is 23.2 Å². The van der Waals surface area contributed by atoms with Gasteiger partial charge in [0, 0.05) is 5.56 Å². The maximum absolute atomic E-state index is 12.4. The van der Waals surface area contributed by atoms with E-state index < -0.39 is 11.9 Å². The summed E-state index contributed by atoms with van der Waals surface area (Å²) in [4.78, 5) is 24.4. The van der Waals surface area contributed by atoms with Crippen molar-refractivity contribution in [2.45, 2.75) is 0 Å². The Kier molecular flexibility index (Phi) is 7.12. The molecular formula is C22H16Cl2N2O5. The number of methoxy groups -OCH3 is 1. The molecule has 3 rings (SSSR count). The van der Waals surface area contributed by atoms with Gasteiger partial charge in [0.1, 0.15) is 5.75 Å². The molecule has 9 heteroatoms. The molecular weight excluding hydrogens is 443 g/mol. The summed E-state index contributed by atoms with van der Waals surface area (Å²) in [5.74, 6) is -0.506. The van der Waals surface area contributed by atoms with Crippen molar-refractivity contribution in [3.63, 3.8) is 0 Å². The number of nitrogens with zero attached hydrogens (tertiary/aromatic N) is 1. The van der Waals surface area contributed by atoms with Crippen LogP contribution in [-0.4, -0.2) is 30.3 Å². The van der Waals surface area contributed by atoms with E-state index >= 15 is 0 Å². The molecule has 0 bridgehead atoms. The fourth-order valence-electron chi connectivity index (χ4n) is 2.47.